The second-order valence-corrected chi connectivity index (χ2v) is 8.39. The zero-order valence-electron chi connectivity index (χ0n) is 20.0. The fraction of sp³-hybridized carbons (Fsp3) is 0.214. The maximum Gasteiger partial charge on any atom is 0.252 e. The van der Waals surface area contributed by atoms with Gasteiger partial charge >= 0.3 is 0 Å². The molecule has 0 saturated carbocycles. The Hall–Kier alpha value is -4.26. The van der Waals surface area contributed by atoms with Crippen LogP contribution in [0.15, 0.2) is 71.9 Å². The first-order chi connectivity index (χ1) is 17.9. The third-order valence-corrected chi connectivity index (χ3v) is 6.13. The number of aliphatic hydroxyl groups excluding tert-OH is 1. The molecule has 4 rings (SSSR count). The van der Waals surface area contributed by atoms with E-state index in [0.717, 1.165) is 11.1 Å². The molecule has 0 saturated heterocycles. The summed E-state index contributed by atoms with van der Waals surface area (Å²) in [5.74, 6) is -1.59. The van der Waals surface area contributed by atoms with E-state index in [1.807, 2.05) is 0 Å². The molecule has 188 valence electrons. The number of pyridine rings is 1. The van der Waals surface area contributed by atoms with Crippen LogP contribution in [0, 0.1) is 23.0 Å². The highest BCUT2D eigenvalue weighted by atomic mass is 19.1. The van der Waals surface area contributed by atoms with Crippen molar-refractivity contribution in [3.63, 3.8) is 0 Å². The quantitative estimate of drug-likeness (QED) is 0.466. The average molecular weight is 503 g/mol. The van der Waals surface area contributed by atoms with E-state index in [-0.39, 0.29) is 29.9 Å². The van der Waals surface area contributed by atoms with Crippen LogP contribution in [-0.4, -0.2) is 54.1 Å². The maximum absolute atomic E-state index is 15.1. The number of nitrogens with one attached hydrogen (secondary N) is 1. The Morgan fingerprint density at radius 3 is 2.68 bits per heavy atom. The number of methoxy groups -OCH3 is 1. The van der Waals surface area contributed by atoms with Crippen LogP contribution in [0.25, 0.3) is 5.57 Å². The molecule has 3 aromatic rings. The molecule has 0 radical (unpaired) electrons. The van der Waals surface area contributed by atoms with Crippen molar-refractivity contribution in [1.82, 2.24) is 10.3 Å². The molecule has 9 heteroatoms. The summed E-state index contributed by atoms with van der Waals surface area (Å²) in [6, 6.07) is 14.6. The van der Waals surface area contributed by atoms with E-state index in [1.165, 1.54) is 43.6 Å². The van der Waals surface area contributed by atoms with E-state index in [0.29, 0.717) is 17.0 Å². The number of ether oxygens (including phenoxy) is 1. The summed E-state index contributed by atoms with van der Waals surface area (Å²) >= 11 is 0. The first-order valence-electron chi connectivity index (χ1n) is 11.5. The second kappa shape index (κ2) is 11.6. The van der Waals surface area contributed by atoms with Crippen molar-refractivity contribution in [2.24, 2.45) is 4.99 Å². The van der Waals surface area contributed by atoms with Crippen LogP contribution < -0.4 is 5.32 Å². The standard InChI is InChI=1S/C28H24F2N4O3/c1-37-26(16-35)24(13-23-18(14-31)4-3-11-32-23)34-28(36)21-5-2-6-22(30)27(21)25-12-19(15-33-25)17-7-9-20(29)10-8-17/h2-12,24,26,35H,13,15-16H2,1H3,(H,34,36)/t24-,26-/m0/s1. The lowest BCUT2D eigenvalue weighted by Crippen LogP contribution is -2.47. The predicted molar refractivity (Wildman–Crippen MR) is 134 cm³/mol. The number of rotatable bonds is 9. The topological polar surface area (TPSA) is 108 Å². The zero-order valence-corrected chi connectivity index (χ0v) is 20.0. The lowest BCUT2D eigenvalue weighted by atomic mass is 9.97. The molecule has 1 aliphatic rings. The number of allylic oxidation sites excluding steroid dienone is 1. The first kappa shape index (κ1) is 25.8. The minimum absolute atomic E-state index is 0.0318. The Morgan fingerprint density at radius 2 is 1.97 bits per heavy atom. The van der Waals surface area contributed by atoms with Gasteiger partial charge < -0.3 is 15.2 Å². The van der Waals surface area contributed by atoms with E-state index in [9.17, 15) is 19.6 Å². The van der Waals surface area contributed by atoms with Crippen molar-refractivity contribution in [3.8, 4) is 6.07 Å². The molecule has 1 amide bonds. The summed E-state index contributed by atoms with van der Waals surface area (Å²) in [4.78, 5) is 22.1. The summed E-state index contributed by atoms with van der Waals surface area (Å²) < 4.78 is 33.7. The summed E-state index contributed by atoms with van der Waals surface area (Å²) in [6.07, 6.45) is 2.51. The smallest absolute Gasteiger partial charge is 0.252 e. The van der Waals surface area contributed by atoms with Gasteiger partial charge in [-0.05, 0) is 53.6 Å². The molecule has 1 aromatic heterocycles. The molecule has 0 fully saturated rings. The minimum atomic E-state index is -0.802. The van der Waals surface area contributed by atoms with Gasteiger partial charge in [0, 0.05) is 25.3 Å². The van der Waals surface area contributed by atoms with Gasteiger partial charge in [-0.25, -0.2) is 8.78 Å². The molecule has 0 unspecified atom stereocenters. The zero-order chi connectivity index (χ0) is 26.4. The Morgan fingerprint density at radius 1 is 1.19 bits per heavy atom. The van der Waals surface area contributed by atoms with Crippen molar-refractivity contribution in [2.45, 2.75) is 18.6 Å². The number of nitrogens with zero attached hydrogens (tertiary/aromatic N) is 3. The van der Waals surface area contributed by atoms with Crippen LogP contribution in [0.3, 0.4) is 0 Å². The number of aliphatic imine (C=N–C) groups is 1. The van der Waals surface area contributed by atoms with Crippen molar-refractivity contribution < 1.29 is 23.4 Å². The van der Waals surface area contributed by atoms with E-state index < -0.39 is 30.5 Å². The van der Waals surface area contributed by atoms with Gasteiger partial charge in [-0.3, -0.25) is 14.8 Å². The number of halogens is 2. The number of hydrogen-bond acceptors (Lipinski definition) is 6. The van der Waals surface area contributed by atoms with Crippen LogP contribution in [0.1, 0.15) is 32.7 Å². The number of aromatic nitrogens is 1. The molecule has 2 heterocycles. The van der Waals surface area contributed by atoms with Crippen LogP contribution in [-0.2, 0) is 11.2 Å². The summed E-state index contributed by atoms with van der Waals surface area (Å²) in [5.41, 5.74) is 2.65. The van der Waals surface area contributed by atoms with E-state index >= 15 is 4.39 Å². The third kappa shape index (κ3) is 5.77. The van der Waals surface area contributed by atoms with Crippen LogP contribution in [0.2, 0.25) is 0 Å². The molecule has 2 aromatic carbocycles. The molecule has 0 spiro atoms. The highest BCUT2D eigenvalue weighted by Gasteiger charge is 2.28. The number of aliphatic hydroxyl groups is 1. The van der Waals surface area contributed by atoms with Gasteiger partial charge in [0.1, 0.15) is 23.8 Å². The van der Waals surface area contributed by atoms with Gasteiger partial charge in [-0.15, -0.1) is 0 Å². The molecule has 1 aliphatic heterocycles. The molecule has 7 nitrogen and oxygen atoms in total. The van der Waals surface area contributed by atoms with Crippen LogP contribution in [0.4, 0.5) is 8.78 Å². The van der Waals surface area contributed by atoms with Gasteiger partial charge in [0.15, 0.2) is 0 Å². The molecule has 2 N–H and O–H groups in total. The number of amides is 1. The van der Waals surface area contributed by atoms with Crippen molar-refractivity contribution >= 4 is 17.2 Å². The van der Waals surface area contributed by atoms with Crippen LogP contribution in [0.5, 0.6) is 0 Å². The Labute approximate surface area is 212 Å². The fourth-order valence-corrected chi connectivity index (χ4v) is 4.19. The van der Waals surface area contributed by atoms with Crippen molar-refractivity contribution in [2.75, 3.05) is 20.3 Å². The highest BCUT2D eigenvalue weighted by molar-refractivity contribution is 6.19. The van der Waals surface area contributed by atoms with E-state index in [1.54, 1.807) is 30.3 Å². The van der Waals surface area contributed by atoms with Gasteiger partial charge in [0.2, 0.25) is 0 Å². The SMILES string of the molecule is CO[C@@H](CO)[C@H](Cc1ncccc1C#N)NC(=O)c1cccc(F)c1C1=NCC(c2ccc(F)cc2)=C1. The molecular formula is C28H24F2N4O3. The first-order valence-corrected chi connectivity index (χ1v) is 11.5. The molecule has 0 aliphatic carbocycles. The van der Waals surface area contributed by atoms with Crippen molar-refractivity contribution in [3.05, 3.63) is 106 Å². The predicted octanol–water partition coefficient (Wildman–Crippen LogP) is 3.47. The van der Waals surface area contributed by atoms with Gasteiger partial charge in [0.05, 0.1) is 41.7 Å². The summed E-state index contributed by atoms with van der Waals surface area (Å²) in [6.45, 7) is -0.144. The third-order valence-electron chi connectivity index (χ3n) is 6.13. The van der Waals surface area contributed by atoms with Gasteiger partial charge in [-0.1, -0.05) is 18.2 Å². The molecule has 0 bridgehead atoms. The van der Waals surface area contributed by atoms with Crippen molar-refractivity contribution in [1.29, 1.82) is 5.26 Å². The lowest BCUT2D eigenvalue weighted by Gasteiger charge is -2.26. The number of carbonyl (C=O) groups excluding carboxylic acids is 1. The number of nitriles is 1. The van der Waals surface area contributed by atoms with E-state index in [4.69, 9.17) is 4.74 Å². The lowest BCUT2D eigenvalue weighted by molar-refractivity contribution is 0.0213. The number of carbonyl (C=O) groups is 1. The van der Waals surface area contributed by atoms with Gasteiger partial charge in [0.25, 0.3) is 5.91 Å². The largest absolute Gasteiger partial charge is 0.394 e. The molecule has 2 atom stereocenters. The maximum atomic E-state index is 15.1. The normalized spacial score (nSPS) is 14.4. The summed E-state index contributed by atoms with van der Waals surface area (Å²) in [5, 5.41) is 22.1. The second-order valence-electron chi connectivity index (χ2n) is 8.39. The van der Waals surface area contributed by atoms with E-state index in [2.05, 4.69) is 21.4 Å². The average Bonchev–Trinajstić information content (AvgIpc) is 3.39. The number of hydrogen-bond donors (Lipinski definition) is 2. The Balaban J connectivity index is 1.64. The van der Waals surface area contributed by atoms with Crippen LogP contribution >= 0.6 is 0 Å². The minimum Gasteiger partial charge on any atom is -0.394 e. The van der Waals surface area contributed by atoms with Gasteiger partial charge in [-0.2, -0.15) is 5.26 Å². The molecular weight excluding hydrogens is 478 g/mol. The molecule has 37 heavy (non-hydrogen) atoms. The fourth-order valence-electron chi connectivity index (χ4n) is 4.19. The summed E-state index contributed by atoms with van der Waals surface area (Å²) in [7, 11) is 1.40. The highest BCUT2D eigenvalue weighted by Crippen LogP contribution is 2.25. The Kier molecular flexibility index (Phi) is 8.13. The number of benzene rings is 2. The Bertz CT molecular complexity index is 1390. The monoisotopic (exact) mass is 502 g/mol.